The van der Waals surface area contributed by atoms with Crippen LogP contribution in [-0.2, 0) is 16.0 Å². The van der Waals surface area contributed by atoms with Crippen molar-refractivity contribution in [2.24, 2.45) is 0 Å². The zero-order valence-corrected chi connectivity index (χ0v) is 23.5. The summed E-state index contributed by atoms with van der Waals surface area (Å²) < 4.78 is 21.6. The molecule has 2 aromatic carbocycles. The minimum atomic E-state index is -0.170. The van der Waals surface area contributed by atoms with Crippen LogP contribution >= 0.6 is 11.6 Å². The molecular formula is C29H43ClN2O5. The Morgan fingerprint density at radius 3 is 2.46 bits per heavy atom. The summed E-state index contributed by atoms with van der Waals surface area (Å²) in [5.41, 5.74) is 1.62. The summed E-state index contributed by atoms with van der Waals surface area (Å²) in [6, 6.07) is 12.9. The molecule has 0 aliphatic rings. The molecule has 2 rings (SSSR count). The van der Waals surface area contributed by atoms with E-state index in [0.717, 1.165) is 18.4 Å². The molecule has 0 bridgehead atoms. The third-order valence-corrected chi connectivity index (χ3v) is 6.26. The molecule has 1 N–H and O–H groups in total. The molecule has 0 radical (unpaired) electrons. The van der Waals surface area contributed by atoms with Crippen molar-refractivity contribution in [1.82, 2.24) is 4.90 Å². The maximum absolute atomic E-state index is 13.5. The zero-order chi connectivity index (χ0) is 26.9. The van der Waals surface area contributed by atoms with Gasteiger partial charge in [-0.1, -0.05) is 62.8 Å². The van der Waals surface area contributed by atoms with E-state index in [2.05, 4.69) is 19.2 Å². The van der Waals surface area contributed by atoms with Crippen LogP contribution in [0.2, 0.25) is 5.02 Å². The van der Waals surface area contributed by atoms with E-state index in [1.807, 2.05) is 36.1 Å². The van der Waals surface area contributed by atoms with Crippen molar-refractivity contribution in [3.8, 4) is 11.5 Å². The van der Waals surface area contributed by atoms with Gasteiger partial charge in [0.05, 0.1) is 25.5 Å². The first-order valence-electron chi connectivity index (χ1n) is 13.3. The van der Waals surface area contributed by atoms with E-state index >= 15 is 0 Å². The maximum atomic E-state index is 13.5. The predicted octanol–water partition coefficient (Wildman–Crippen LogP) is 7.52. The van der Waals surface area contributed by atoms with Crippen molar-refractivity contribution in [2.75, 3.05) is 39.0 Å². The van der Waals surface area contributed by atoms with Gasteiger partial charge in [0.25, 0.3) is 0 Å². The van der Waals surface area contributed by atoms with Crippen LogP contribution in [0, 0.1) is 0 Å². The Hall–Kier alpha value is -2.48. The van der Waals surface area contributed by atoms with Gasteiger partial charge in [0.1, 0.15) is 11.5 Å². The van der Waals surface area contributed by atoms with Crippen LogP contribution in [0.25, 0.3) is 0 Å². The highest BCUT2D eigenvalue weighted by Gasteiger charge is 2.22. The summed E-state index contributed by atoms with van der Waals surface area (Å²) >= 11 is 6.14. The van der Waals surface area contributed by atoms with Crippen LogP contribution in [0.1, 0.15) is 64.9 Å². The molecule has 37 heavy (non-hydrogen) atoms. The SMILES string of the molecule is CCCCCCCC(C)N(Cc1ccc(OCOCCOC)cc1)C(=O)Nc1ccc(Cl)cc1OCC. The molecule has 2 amide bonds. The monoisotopic (exact) mass is 534 g/mol. The summed E-state index contributed by atoms with van der Waals surface area (Å²) in [6.45, 7) is 8.35. The van der Waals surface area contributed by atoms with Gasteiger partial charge in [-0.15, -0.1) is 0 Å². The Labute approximate surface area is 227 Å². The summed E-state index contributed by atoms with van der Waals surface area (Å²) in [6.07, 6.45) is 6.90. The number of unbranched alkanes of at least 4 members (excludes halogenated alkanes) is 4. The fourth-order valence-electron chi connectivity index (χ4n) is 3.89. The largest absolute Gasteiger partial charge is 0.492 e. The molecule has 0 spiro atoms. The average molecular weight is 535 g/mol. The second-order valence-electron chi connectivity index (χ2n) is 8.99. The van der Waals surface area contributed by atoms with E-state index in [-0.39, 0.29) is 18.9 Å². The lowest BCUT2D eigenvalue weighted by atomic mass is 10.1. The number of halogens is 1. The van der Waals surface area contributed by atoms with Crippen LogP contribution in [-0.4, -0.2) is 50.7 Å². The highest BCUT2D eigenvalue weighted by molar-refractivity contribution is 6.30. The van der Waals surface area contributed by atoms with Gasteiger partial charge >= 0.3 is 6.03 Å². The van der Waals surface area contributed by atoms with Crippen molar-refractivity contribution in [3.05, 3.63) is 53.1 Å². The number of ether oxygens (including phenoxy) is 4. The first kappa shape index (κ1) is 30.7. The molecule has 1 unspecified atom stereocenters. The van der Waals surface area contributed by atoms with E-state index in [9.17, 15) is 4.79 Å². The van der Waals surface area contributed by atoms with E-state index in [4.69, 9.17) is 30.5 Å². The number of carbonyl (C=O) groups excluding carboxylic acids is 1. The molecule has 0 fully saturated rings. The van der Waals surface area contributed by atoms with Gasteiger partial charge in [0.2, 0.25) is 0 Å². The minimum Gasteiger partial charge on any atom is -0.492 e. The Balaban J connectivity index is 2.08. The standard InChI is InChI=1S/C29H43ClN2O5/c1-5-7-8-9-10-11-23(3)32(29(33)31-27-17-14-25(30)20-28(27)36-6-2)21-24-12-15-26(16-13-24)37-22-35-19-18-34-4/h12-17,20,23H,5-11,18-19,21-22H2,1-4H3,(H,31,33). The van der Waals surface area contributed by atoms with Gasteiger partial charge in [0, 0.05) is 30.8 Å². The Bertz CT molecular complexity index is 910. The van der Waals surface area contributed by atoms with Gasteiger partial charge in [-0.3, -0.25) is 0 Å². The van der Waals surface area contributed by atoms with Crippen molar-refractivity contribution >= 4 is 23.3 Å². The van der Waals surface area contributed by atoms with Gasteiger partial charge < -0.3 is 29.2 Å². The van der Waals surface area contributed by atoms with Crippen molar-refractivity contribution in [1.29, 1.82) is 0 Å². The first-order chi connectivity index (χ1) is 18.0. The summed E-state index contributed by atoms with van der Waals surface area (Å²) in [7, 11) is 1.63. The average Bonchev–Trinajstić information content (AvgIpc) is 2.89. The second kappa shape index (κ2) is 17.9. The number of nitrogens with one attached hydrogen (secondary N) is 1. The number of methoxy groups -OCH3 is 1. The molecule has 8 heteroatoms. The van der Waals surface area contributed by atoms with Gasteiger partial charge in [-0.2, -0.15) is 0 Å². The lowest BCUT2D eigenvalue weighted by Crippen LogP contribution is -2.41. The number of benzene rings is 2. The molecule has 1 atom stereocenters. The molecule has 0 heterocycles. The molecule has 7 nitrogen and oxygen atoms in total. The molecule has 0 saturated heterocycles. The molecular weight excluding hydrogens is 492 g/mol. The zero-order valence-electron chi connectivity index (χ0n) is 22.8. The third kappa shape index (κ3) is 11.6. The third-order valence-electron chi connectivity index (χ3n) is 6.02. The van der Waals surface area contributed by atoms with Crippen molar-refractivity contribution < 1.29 is 23.7 Å². The number of amides is 2. The fraction of sp³-hybridized carbons (Fsp3) is 0.552. The first-order valence-corrected chi connectivity index (χ1v) is 13.6. The summed E-state index contributed by atoms with van der Waals surface area (Å²) in [5, 5.41) is 3.60. The van der Waals surface area contributed by atoms with Gasteiger partial charge in [-0.25, -0.2) is 4.79 Å². The Morgan fingerprint density at radius 2 is 1.76 bits per heavy atom. The van der Waals surface area contributed by atoms with E-state index in [1.165, 1.54) is 25.7 Å². The van der Waals surface area contributed by atoms with Crippen LogP contribution in [0.15, 0.2) is 42.5 Å². The number of carbonyl (C=O) groups is 1. The number of anilines is 1. The highest BCUT2D eigenvalue weighted by Crippen LogP contribution is 2.29. The van der Waals surface area contributed by atoms with Crippen molar-refractivity contribution in [2.45, 2.75) is 71.9 Å². The fourth-order valence-corrected chi connectivity index (χ4v) is 4.05. The van der Waals surface area contributed by atoms with Gasteiger partial charge in [0.15, 0.2) is 6.79 Å². The molecule has 0 aromatic heterocycles. The van der Waals surface area contributed by atoms with Crippen molar-refractivity contribution in [3.63, 3.8) is 0 Å². The topological polar surface area (TPSA) is 69.3 Å². The smallest absolute Gasteiger partial charge is 0.322 e. The quantitative estimate of drug-likeness (QED) is 0.158. The molecule has 206 valence electrons. The second-order valence-corrected chi connectivity index (χ2v) is 9.43. The van der Waals surface area contributed by atoms with Crippen LogP contribution < -0.4 is 14.8 Å². The summed E-state index contributed by atoms with van der Waals surface area (Å²) in [5.74, 6) is 1.27. The summed E-state index contributed by atoms with van der Waals surface area (Å²) in [4.78, 5) is 15.4. The molecule has 0 saturated carbocycles. The van der Waals surface area contributed by atoms with E-state index < -0.39 is 0 Å². The molecule has 2 aromatic rings. The van der Waals surface area contributed by atoms with Crippen LogP contribution in [0.5, 0.6) is 11.5 Å². The lowest BCUT2D eigenvalue weighted by Gasteiger charge is -2.30. The minimum absolute atomic E-state index is 0.0644. The molecule has 0 aliphatic heterocycles. The predicted molar refractivity (Wildman–Crippen MR) is 150 cm³/mol. The van der Waals surface area contributed by atoms with Crippen LogP contribution in [0.4, 0.5) is 10.5 Å². The van der Waals surface area contributed by atoms with E-state index in [0.29, 0.717) is 48.6 Å². The number of hydrogen-bond donors (Lipinski definition) is 1. The molecule has 0 aliphatic carbocycles. The Kier molecular flexibility index (Phi) is 14.9. The maximum Gasteiger partial charge on any atom is 0.322 e. The number of nitrogens with zero attached hydrogens (tertiary/aromatic N) is 1. The van der Waals surface area contributed by atoms with Crippen LogP contribution in [0.3, 0.4) is 0 Å². The number of urea groups is 1. The van der Waals surface area contributed by atoms with E-state index in [1.54, 1.807) is 25.3 Å². The highest BCUT2D eigenvalue weighted by atomic mass is 35.5. The number of hydrogen-bond acceptors (Lipinski definition) is 5. The van der Waals surface area contributed by atoms with Gasteiger partial charge in [-0.05, 0) is 50.1 Å². The normalized spacial score (nSPS) is 11.7. The lowest BCUT2D eigenvalue weighted by molar-refractivity contribution is -0.00848. The Morgan fingerprint density at radius 1 is 1.00 bits per heavy atom. The number of rotatable bonds is 18.